The molecule has 0 atom stereocenters. The Hall–Kier alpha value is -0.530. The Morgan fingerprint density at radius 3 is 2.92 bits per heavy atom. The van der Waals surface area contributed by atoms with Crippen LogP contribution < -0.4 is 0 Å². The molecule has 13 heavy (non-hydrogen) atoms. The van der Waals surface area contributed by atoms with Gasteiger partial charge in [0.25, 0.3) is 0 Å². The second kappa shape index (κ2) is 4.64. The monoisotopic (exact) mass is 256 g/mol. The average Bonchev–Trinajstić information content (AvgIpc) is 2.11. The summed E-state index contributed by atoms with van der Waals surface area (Å²) in [6.45, 7) is 3.94. The molecule has 0 saturated carbocycles. The molecule has 0 unspecified atom stereocenters. The maximum absolute atomic E-state index is 8.82. The van der Waals surface area contributed by atoms with Crippen molar-refractivity contribution in [3.8, 4) is 6.07 Å². The Morgan fingerprint density at radius 1 is 1.69 bits per heavy atom. The predicted molar refractivity (Wildman–Crippen MR) is 57.8 cm³/mol. The Bertz CT molecular complexity index is 357. The molecule has 0 amide bonds. The summed E-state index contributed by atoms with van der Waals surface area (Å²) in [7, 11) is 0. The summed E-state index contributed by atoms with van der Waals surface area (Å²) in [5, 5.41) is 8.82. The summed E-state index contributed by atoms with van der Waals surface area (Å²) in [6, 6.07) is 4.05. The number of nitriles is 1. The summed E-state index contributed by atoms with van der Waals surface area (Å²) in [4.78, 5) is 5.13. The van der Waals surface area contributed by atoms with Gasteiger partial charge in [-0.3, -0.25) is 0 Å². The molecule has 4 heteroatoms. The van der Waals surface area contributed by atoms with Crippen LogP contribution in [0.25, 0.3) is 0 Å². The summed E-state index contributed by atoms with van der Waals surface area (Å²) in [6.07, 6.45) is 0. The lowest BCUT2D eigenvalue weighted by Crippen LogP contribution is -1.91. The first kappa shape index (κ1) is 10.6. The van der Waals surface area contributed by atoms with Crippen LogP contribution in [-0.4, -0.2) is 10.7 Å². The number of pyridine rings is 1. The van der Waals surface area contributed by atoms with Crippen LogP contribution in [0.15, 0.2) is 15.4 Å². The minimum absolute atomic E-state index is 0.521. The van der Waals surface area contributed by atoms with Crippen LogP contribution in [0.2, 0.25) is 0 Å². The molecular formula is C9H9BrN2S. The molecular weight excluding hydrogens is 248 g/mol. The van der Waals surface area contributed by atoms with Crippen molar-refractivity contribution in [3.63, 3.8) is 0 Å². The fourth-order valence-corrected chi connectivity index (χ4v) is 2.12. The lowest BCUT2D eigenvalue weighted by molar-refractivity contribution is 1.09. The second-order valence-electron chi connectivity index (χ2n) is 2.45. The van der Waals surface area contributed by atoms with E-state index in [0.29, 0.717) is 5.69 Å². The van der Waals surface area contributed by atoms with Crippen molar-refractivity contribution in [2.75, 3.05) is 5.75 Å². The SMILES string of the molecule is CCSc1cc(Br)c(C)nc1C#N. The van der Waals surface area contributed by atoms with Gasteiger partial charge in [-0.25, -0.2) is 4.98 Å². The zero-order chi connectivity index (χ0) is 9.84. The summed E-state index contributed by atoms with van der Waals surface area (Å²) in [5.74, 6) is 0.950. The van der Waals surface area contributed by atoms with E-state index in [1.165, 1.54) is 0 Å². The molecule has 0 fully saturated rings. The molecule has 0 aromatic carbocycles. The standard InChI is InChI=1S/C9H9BrN2S/c1-3-13-9-4-7(10)6(2)12-8(9)5-11/h4H,3H2,1-2H3. The van der Waals surface area contributed by atoms with Crippen molar-refractivity contribution >= 4 is 27.7 Å². The van der Waals surface area contributed by atoms with E-state index in [1.54, 1.807) is 11.8 Å². The van der Waals surface area contributed by atoms with Gasteiger partial charge in [0.15, 0.2) is 5.69 Å². The van der Waals surface area contributed by atoms with Gasteiger partial charge < -0.3 is 0 Å². The van der Waals surface area contributed by atoms with Gasteiger partial charge in [-0.1, -0.05) is 6.92 Å². The van der Waals surface area contributed by atoms with E-state index < -0.39 is 0 Å². The summed E-state index contributed by atoms with van der Waals surface area (Å²) >= 11 is 5.03. The van der Waals surface area contributed by atoms with Crippen LogP contribution in [0, 0.1) is 18.3 Å². The fourth-order valence-electron chi connectivity index (χ4n) is 0.910. The molecule has 0 aliphatic rings. The van der Waals surface area contributed by atoms with Crippen molar-refractivity contribution < 1.29 is 0 Å². The number of aryl methyl sites for hydroxylation is 1. The summed E-state index contributed by atoms with van der Waals surface area (Å²) in [5.41, 5.74) is 1.38. The summed E-state index contributed by atoms with van der Waals surface area (Å²) < 4.78 is 0.961. The highest BCUT2D eigenvalue weighted by atomic mass is 79.9. The Balaban J connectivity index is 3.18. The van der Waals surface area contributed by atoms with Gasteiger partial charge >= 0.3 is 0 Å². The van der Waals surface area contributed by atoms with E-state index in [9.17, 15) is 0 Å². The van der Waals surface area contributed by atoms with Gasteiger partial charge in [0, 0.05) is 9.37 Å². The molecule has 1 rings (SSSR count). The van der Waals surface area contributed by atoms with Crippen LogP contribution >= 0.6 is 27.7 Å². The molecule has 0 bridgehead atoms. The van der Waals surface area contributed by atoms with Gasteiger partial charge in [0.05, 0.1) is 5.69 Å². The molecule has 2 nitrogen and oxygen atoms in total. The molecule has 1 heterocycles. The third-order valence-corrected chi connectivity index (χ3v) is 3.24. The van der Waals surface area contributed by atoms with E-state index in [4.69, 9.17) is 5.26 Å². The lowest BCUT2D eigenvalue weighted by atomic mass is 10.3. The van der Waals surface area contributed by atoms with E-state index in [-0.39, 0.29) is 0 Å². The minimum atomic E-state index is 0.521. The van der Waals surface area contributed by atoms with E-state index in [1.807, 2.05) is 13.0 Å². The molecule has 1 aromatic rings. The zero-order valence-electron chi connectivity index (χ0n) is 7.47. The Kier molecular flexibility index (Phi) is 3.76. The molecule has 0 aliphatic heterocycles. The second-order valence-corrected chi connectivity index (χ2v) is 4.61. The number of hydrogen-bond donors (Lipinski definition) is 0. The molecule has 1 aromatic heterocycles. The van der Waals surface area contributed by atoms with Crippen LogP contribution in [0.4, 0.5) is 0 Å². The molecule has 0 N–H and O–H groups in total. The first-order valence-electron chi connectivity index (χ1n) is 3.89. The third kappa shape index (κ3) is 2.45. The molecule has 0 saturated heterocycles. The third-order valence-electron chi connectivity index (χ3n) is 1.52. The van der Waals surface area contributed by atoms with Crippen LogP contribution in [-0.2, 0) is 0 Å². The number of hydrogen-bond acceptors (Lipinski definition) is 3. The highest BCUT2D eigenvalue weighted by Crippen LogP contribution is 2.26. The van der Waals surface area contributed by atoms with Crippen molar-refractivity contribution in [2.24, 2.45) is 0 Å². The minimum Gasteiger partial charge on any atom is -0.240 e. The quantitative estimate of drug-likeness (QED) is 0.764. The highest BCUT2D eigenvalue weighted by Gasteiger charge is 2.06. The van der Waals surface area contributed by atoms with E-state index >= 15 is 0 Å². The molecule has 0 radical (unpaired) electrons. The normalized spacial score (nSPS) is 9.69. The lowest BCUT2D eigenvalue weighted by Gasteiger charge is -2.03. The average molecular weight is 257 g/mol. The highest BCUT2D eigenvalue weighted by molar-refractivity contribution is 9.10. The van der Waals surface area contributed by atoms with Crippen LogP contribution in [0.1, 0.15) is 18.3 Å². The number of thioether (sulfide) groups is 1. The van der Waals surface area contributed by atoms with Gasteiger partial charge in [-0.15, -0.1) is 11.8 Å². The molecule has 0 spiro atoms. The van der Waals surface area contributed by atoms with Gasteiger partial charge in [-0.05, 0) is 34.7 Å². The predicted octanol–water partition coefficient (Wildman–Crippen LogP) is 3.14. The number of rotatable bonds is 2. The van der Waals surface area contributed by atoms with Crippen molar-refractivity contribution in [1.29, 1.82) is 5.26 Å². The fraction of sp³-hybridized carbons (Fsp3) is 0.333. The molecule has 68 valence electrons. The number of nitrogens with zero attached hydrogens (tertiary/aromatic N) is 2. The van der Waals surface area contributed by atoms with E-state index in [0.717, 1.165) is 20.8 Å². The zero-order valence-corrected chi connectivity index (χ0v) is 9.87. The van der Waals surface area contributed by atoms with E-state index in [2.05, 4.69) is 33.9 Å². The smallest absolute Gasteiger partial charge is 0.154 e. The first-order valence-corrected chi connectivity index (χ1v) is 5.67. The Labute approximate surface area is 90.5 Å². The van der Waals surface area contributed by atoms with Gasteiger partial charge in [-0.2, -0.15) is 5.26 Å². The van der Waals surface area contributed by atoms with Crippen molar-refractivity contribution in [1.82, 2.24) is 4.98 Å². The van der Waals surface area contributed by atoms with Crippen LogP contribution in [0.3, 0.4) is 0 Å². The maximum Gasteiger partial charge on any atom is 0.154 e. The van der Waals surface area contributed by atoms with Gasteiger partial charge in [0.1, 0.15) is 6.07 Å². The van der Waals surface area contributed by atoms with Gasteiger partial charge in [0.2, 0.25) is 0 Å². The van der Waals surface area contributed by atoms with Crippen molar-refractivity contribution in [2.45, 2.75) is 18.7 Å². The largest absolute Gasteiger partial charge is 0.240 e. The molecule has 0 aliphatic carbocycles. The van der Waals surface area contributed by atoms with Crippen LogP contribution in [0.5, 0.6) is 0 Å². The first-order chi connectivity index (χ1) is 6.19. The number of halogens is 1. The Morgan fingerprint density at radius 2 is 2.38 bits per heavy atom. The topological polar surface area (TPSA) is 36.7 Å². The maximum atomic E-state index is 8.82. The van der Waals surface area contributed by atoms with Crippen molar-refractivity contribution in [3.05, 3.63) is 21.9 Å². The number of aromatic nitrogens is 1.